The van der Waals surface area contributed by atoms with Crippen molar-refractivity contribution in [3.63, 3.8) is 0 Å². The van der Waals surface area contributed by atoms with Crippen LogP contribution in [0.15, 0.2) is 218 Å². The molecule has 63 heavy (non-hydrogen) atoms. The van der Waals surface area contributed by atoms with Crippen molar-refractivity contribution in [2.45, 2.75) is 12.3 Å². The van der Waals surface area contributed by atoms with E-state index in [2.05, 4.69) is 234 Å². The van der Waals surface area contributed by atoms with Crippen LogP contribution in [0.5, 0.6) is 0 Å². The summed E-state index contributed by atoms with van der Waals surface area (Å²) in [5.74, 6) is 0.376. The number of nitrogens with zero attached hydrogens (tertiary/aromatic N) is 2. The van der Waals surface area contributed by atoms with Crippen LogP contribution in [-0.2, 0) is 0 Å². The lowest BCUT2D eigenvalue weighted by Gasteiger charge is -2.26. The number of fused-ring (bicyclic) bond motifs is 9. The SMILES string of the molecule is C1=Cc2c3n(c4ccccc24)-c2ccc(-c4ccc(N(c5ccc(-c6ccc(-c7ccccc7)cc6)cc5)c5ccc(-c6ccc7sc8ccccc8c7c6)cc5)cc4)cc2C3C1. The lowest BCUT2D eigenvalue weighted by molar-refractivity contribution is 0.820. The van der Waals surface area contributed by atoms with Crippen molar-refractivity contribution in [1.82, 2.24) is 4.57 Å². The first-order chi connectivity index (χ1) is 31.2. The van der Waals surface area contributed by atoms with Crippen molar-refractivity contribution in [2.75, 3.05) is 4.90 Å². The van der Waals surface area contributed by atoms with Crippen molar-refractivity contribution in [3.8, 4) is 50.2 Å². The predicted octanol–water partition coefficient (Wildman–Crippen LogP) is 17.0. The molecule has 0 N–H and O–H groups in total. The number of para-hydroxylation sites is 1. The maximum absolute atomic E-state index is 2.51. The summed E-state index contributed by atoms with van der Waals surface area (Å²) in [5.41, 5.74) is 19.9. The first-order valence-corrected chi connectivity index (χ1v) is 22.7. The lowest BCUT2D eigenvalue weighted by atomic mass is 9.86. The minimum atomic E-state index is 0.376. The number of hydrogen-bond donors (Lipinski definition) is 0. The third kappa shape index (κ3) is 5.92. The molecule has 1 aliphatic heterocycles. The molecule has 0 amide bonds. The molecule has 2 nitrogen and oxygen atoms in total. The van der Waals surface area contributed by atoms with Gasteiger partial charge in [0.2, 0.25) is 0 Å². The quantitative estimate of drug-likeness (QED) is 0.155. The average Bonchev–Trinajstić information content (AvgIpc) is 4.02. The largest absolute Gasteiger partial charge is 0.312 e. The number of aromatic nitrogens is 1. The van der Waals surface area contributed by atoms with Gasteiger partial charge in [-0.15, -0.1) is 11.3 Å². The summed E-state index contributed by atoms with van der Waals surface area (Å²) < 4.78 is 5.17. The standard InChI is InChI=1S/C60H40N2S/c1-2-9-39(10-3-1)40-17-19-41(20-18-40)42-21-29-47(30-22-42)61(49-33-25-44(26-34-49)46-28-36-59-55(38-46)51-12-5-7-16-58(51)63-59)48-31-23-43(24-32-48)45-27-35-57-54(37-45)53-14-8-13-52-50-11-4-6-15-56(50)62(57)60(52)53/h1-13,15-38,53H,14H2. The molecule has 0 bridgehead atoms. The topological polar surface area (TPSA) is 8.17 Å². The Morgan fingerprint density at radius 1 is 0.413 bits per heavy atom. The van der Waals surface area contributed by atoms with Gasteiger partial charge >= 0.3 is 0 Å². The van der Waals surface area contributed by atoms with Gasteiger partial charge in [-0.1, -0.05) is 152 Å². The predicted molar refractivity (Wildman–Crippen MR) is 268 cm³/mol. The molecule has 0 spiro atoms. The van der Waals surface area contributed by atoms with Gasteiger partial charge in [0.05, 0.1) is 5.52 Å². The van der Waals surface area contributed by atoms with Crippen molar-refractivity contribution in [3.05, 3.63) is 235 Å². The number of anilines is 3. The zero-order valence-corrected chi connectivity index (χ0v) is 35.3. The molecule has 2 aromatic heterocycles. The fourth-order valence-corrected chi connectivity index (χ4v) is 11.3. The first-order valence-electron chi connectivity index (χ1n) is 21.8. The highest BCUT2D eigenvalue weighted by molar-refractivity contribution is 7.25. The second kappa shape index (κ2) is 14.4. The third-order valence-corrected chi connectivity index (χ3v) is 14.5. The van der Waals surface area contributed by atoms with E-state index < -0.39 is 0 Å². The molecule has 1 aliphatic carbocycles. The normalized spacial score (nSPS) is 13.7. The van der Waals surface area contributed by atoms with Gasteiger partial charge in [-0.3, -0.25) is 0 Å². The zero-order valence-electron chi connectivity index (χ0n) is 34.4. The summed E-state index contributed by atoms with van der Waals surface area (Å²) in [6.07, 6.45) is 5.72. The van der Waals surface area contributed by atoms with Gasteiger partial charge in [-0.05, 0) is 129 Å². The highest BCUT2D eigenvalue weighted by atomic mass is 32.1. The van der Waals surface area contributed by atoms with E-state index in [0.29, 0.717) is 5.92 Å². The Labute approximate surface area is 370 Å². The smallest absolute Gasteiger partial charge is 0.0538 e. The van der Waals surface area contributed by atoms with E-state index in [9.17, 15) is 0 Å². The minimum Gasteiger partial charge on any atom is -0.312 e. The van der Waals surface area contributed by atoms with Gasteiger partial charge in [0, 0.05) is 65.5 Å². The Kier molecular flexibility index (Phi) is 8.25. The van der Waals surface area contributed by atoms with Crippen LogP contribution >= 0.6 is 11.3 Å². The Bertz CT molecular complexity index is 3560. The third-order valence-electron chi connectivity index (χ3n) is 13.3. The molecule has 0 radical (unpaired) electrons. The fraction of sp³-hybridized carbons (Fsp3) is 0.0333. The maximum atomic E-state index is 2.51. The molecule has 11 aromatic rings. The van der Waals surface area contributed by atoms with Crippen molar-refractivity contribution < 1.29 is 0 Å². The van der Waals surface area contributed by atoms with Crippen LogP contribution in [0.2, 0.25) is 0 Å². The zero-order chi connectivity index (χ0) is 41.4. The molecule has 1 unspecified atom stereocenters. The van der Waals surface area contributed by atoms with E-state index in [-0.39, 0.29) is 0 Å². The number of allylic oxidation sites excluding steroid dienone is 1. The minimum absolute atomic E-state index is 0.376. The second-order valence-corrected chi connectivity index (χ2v) is 17.9. The molecule has 0 saturated heterocycles. The van der Waals surface area contributed by atoms with E-state index in [1.807, 2.05) is 11.3 Å². The number of hydrogen-bond acceptors (Lipinski definition) is 2. The average molecular weight is 821 g/mol. The second-order valence-electron chi connectivity index (χ2n) is 16.8. The summed E-state index contributed by atoms with van der Waals surface area (Å²) in [7, 11) is 0. The number of thiophene rings is 1. The molecular weight excluding hydrogens is 781 g/mol. The summed E-state index contributed by atoms with van der Waals surface area (Å²) in [6.45, 7) is 0. The molecule has 13 rings (SSSR count). The number of rotatable bonds is 7. The lowest BCUT2D eigenvalue weighted by Crippen LogP contribution is -2.09. The van der Waals surface area contributed by atoms with Gasteiger partial charge in [0.1, 0.15) is 0 Å². The molecule has 2 aliphatic rings. The Morgan fingerprint density at radius 2 is 0.905 bits per heavy atom. The Balaban J connectivity index is 0.851. The van der Waals surface area contributed by atoms with E-state index >= 15 is 0 Å². The van der Waals surface area contributed by atoms with Gasteiger partial charge in [-0.2, -0.15) is 0 Å². The molecular formula is C60H40N2S. The van der Waals surface area contributed by atoms with Crippen molar-refractivity contribution in [1.29, 1.82) is 0 Å². The summed E-state index contributed by atoms with van der Waals surface area (Å²) >= 11 is 1.86. The van der Waals surface area contributed by atoms with Crippen LogP contribution in [0.4, 0.5) is 17.1 Å². The van der Waals surface area contributed by atoms with E-state index in [1.165, 1.54) is 98.1 Å². The van der Waals surface area contributed by atoms with Crippen LogP contribution < -0.4 is 4.90 Å². The van der Waals surface area contributed by atoms with E-state index in [0.717, 1.165) is 23.5 Å². The Hall–Kier alpha value is -7.72. The number of benzene rings is 9. The van der Waals surface area contributed by atoms with Crippen molar-refractivity contribution in [2.24, 2.45) is 0 Å². The summed E-state index contributed by atoms with van der Waals surface area (Å²) in [4.78, 5) is 2.38. The summed E-state index contributed by atoms with van der Waals surface area (Å²) in [5, 5.41) is 3.99. The van der Waals surface area contributed by atoms with Crippen LogP contribution in [0.25, 0.3) is 87.3 Å². The molecule has 0 fully saturated rings. The fourth-order valence-electron chi connectivity index (χ4n) is 10.2. The van der Waals surface area contributed by atoms with E-state index in [4.69, 9.17) is 0 Å². The van der Waals surface area contributed by atoms with Gasteiger partial charge in [0.25, 0.3) is 0 Å². The molecule has 0 saturated carbocycles. The van der Waals surface area contributed by atoms with Crippen LogP contribution in [0.1, 0.15) is 29.2 Å². The highest BCUT2D eigenvalue weighted by Crippen LogP contribution is 2.50. The van der Waals surface area contributed by atoms with E-state index in [1.54, 1.807) is 0 Å². The summed E-state index contributed by atoms with van der Waals surface area (Å²) in [6, 6.07) is 78.2. The molecule has 9 aromatic carbocycles. The molecule has 3 heterocycles. The van der Waals surface area contributed by atoms with Gasteiger partial charge < -0.3 is 9.47 Å². The van der Waals surface area contributed by atoms with Gasteiger partial charge in [0.15, 0.2) is 0 Å². The maximum Gasteiger partial charge on any atom is 0.0538 e. The first kappa shape index (κ1) is 36.0. The molecule has 1 atom stereocenters. The van der Waals surface area contributed by atoms with Gasteiger partial charge in [-0.25, -0.2) is 0 Å². The van der Waals surface area contributed by atoms with Crippen LogP contribution in [0.3, 0.4) is 0 Å². The Morgan fingerprint density at radius 3 is 1.57 bits per heavy atom. The highest BCUT2D eigenvalue weighted by Gasteiger charge is 2.34. The monoisotopic (exact) mass is 820 g/mol. The van der Waals surface area contributed by atoms with Crippen molar-refractivity contribution >= 4 is 65.6 Å². The van der Waals surface area contributed by atoms with Crippen LogP contribution in [0, 0.1) is 0 Å². The molecule has 296 valence electrons. The molecule has 3 heteroatoms. The van der Waals surface area contributed by atoms with Crippen LogP contribution in [-0.4, -0.2) is 4.57 Å².